The van der Waals surface area contributed by atoms with Gasteiger partial charge in [-0.1, -0.05) is 0 Å². The van der Waals surface area contributed by atoms with Crippen molar-refractivity contribution in [3.63, 3.8) is 0 Å². The van der Waals surface area contributed by atoms with Crippen molar-refractivity contribution in [1.29, 1.82) is 0 Å². The molecule has 5 heteroatoms. The Morgan fingerprint density at radius 3 is 2.83 bits per heavy atom. The van der Waals surface area contributed by atoms with Gasteiger partial charge in [-0.2, -0.15) is 0 Å². The number of benzene rings is 1. The van der Waals surface area contributed by atoms with Gasteiger partial charge in [0, 0.05) is 11.6 Å². The quantitative estimate of drug-likeness (QED) is 0.754. The van der Waals surface area contributed by atoms with Crippen LogP contribution in [0.1, 0.15) is 16.1 Å². The first kappa shape index (κ1) is 12.2. The lowest BCUT2D eigenvalue weighted by molar-refractivity contribution is 0.111. The van der Waals surface area contributed by atoms with Crippen molar-refractivity contribution in [3.05, 3.63) is 42.0 Å². The molecule has 1 aromatic carbocycles. The molecule has 18 heavy (non-hydrogen) atoms. The van der Waals surface area contributed by atoms with Gasteiger partial charge in [0.15, 0.2) is 6.29 Å². The molecule has 0 aliphatic rings. The van der Waals surface area contributed by atoms with E-state index in [1.807, 2.05) is 18.2 Å². The molecule has 0 saturated heterocycles. The molecular weight excluding hydrogens is 232 g/mol. The molecule has 94 valence electrons. The maximum absolute atomic E-state index is 10.8. The van der Waals surface area contributed by atoms with Crippen LogP contribution in [0.5, 0.6) is 11.5 Å². The van der Waals surface area contributed by atoms with E-state index in [1.165, 1.54) is 6.20 Å². The second-order valence-electron chi connectivity index (χ2n) is 3.74. The van der Waals surface area contributed by atoms with E-state index < -0.39 is 0 Å². The Labute approximate surface area is 105 Å². The van der Waals surface area contributed by atoms with Crippen molar-refractivity contribution in [2.24, 2.45) is 0 Å². The van der Waals surface area contributed by atoms with Crippen LogP contribution < -0.4 is 9.47 Å². The van der Waals surface area contributed by atoms with E-state index in [4.69, 9.17) is 9.47 Å². The molecule has 1 aromatic heterocycles. The number of nitrogens with zero attached hydrogens (tertiary/aromatic N) is 2. The Bertz CT molecular complexity index is 549. The fourth-order valence-electron chi connectivity index (χ4n) is 1.73. The van der Waals surface area contributed by atoms with Gasteiger partial charge in [0.2, 0.25) is 0 Å². The van der Waals surface area contributed by atoms with Crippen LogP contribution in [0.3, 0.4) is 0 Å². The third-order valence-electron chi connectivity index (χ3n) is 2.70. The van der Waals surface area contributed by atoms with Crippen LogP contribution in [-0.4, -0.2) is 30.1 Å². The Morgan fingerprint density at radius 2 is 2.17 bits per heavy atom. The normalized spacial score (nSPS) is 10.1. The topological polar surface area (TPSA) is 53.4 Å². The summed E-state index contributed by atoms with van der Waals surface area (Å²) < 4.78 is 12.2. The number of aromatic nitrogens is 2. The molecule has 5 nitrogen and oxygen atoms in total. The summed E-state index contributed by atoms with van der Waals surface area (Å²) in [5.41, 5.74) is 1.49. The summed E-state index contributed by atoms with van der Waals surface area (Å²) >= 11 is 0. The van der Waals surface area contributed by atoms with Crippen molar-refractivity contribution in [1.82, 2.24) is 9.55 Å². The van der Waals surface area contributed by atoms with Crippen LogP contribution >= 0.6 is 0 Å². The molecule has 0 radical (unpaired) electrons. The van der Waals surface area contributed by atoms with Crippen molar-refractivity contribution < 1.29 is 14.3 Å². The maximum atomic E-state index is 10.8. The lowest BCUT2D eigenvalue weighted by Gasteiger charge is -2.11. The molecule has 0 atom stereocenters. The van der Waals surface area contributed by atoms with Gasteiger partial charge in [-0.05, 0) is 12.1 Å². The first-order valence-corrected chi connectivity index (χ1v) is 5.44. The van der Waals surface area contributed by atoms with E-state index in [1.54, 1.807) is 25.1 Å². The van der Waals surface area contributed by atoms with E-state index in [-0.39, 0.29) is 0 Å². The van der Waals surface area contributed by atoms with E-state index in [0.717, 1.165) is 23.3 Å². The van der Waals surface area contributed by atoms with E-state index in [9.17, 15) is 4.79 Å². The predicted molar refractivity (Wildman–Crippen MR) is 66.3 cm³/mol. The van der Waals surface area contributed by atoms with Crippen molar-refractivity contribution in [3.8, 4) is 11.5 Å². The molecule has 0 unspecified atom stereocenters. The average Bonchev–Trinajstić information content (AvgIpc) is 2.86. The molecule has 0 saturated carbocycles. The van der Waals surface area contributed by atoms with Gasteiger partial charge in [-0.25, -0.2) is 4.98 Å². The van der Waals surface area contributed by atoms with E-state index in [0.29, 0.717) is 12.2 Å². The smallest absolute Gasteiger partial charge is 0.168 e. The van der Waals surface area contributed by atoms with Crippen LogP contribution in [0.15, 0.2) is 30.7 Å². The second-order valence-corrected chi connectivity index (χ2v) is 3.74. The lowest BCUT2D eigenvalue weighted by Crippen LogP contribution is -2.04. The van der Waals surface area contributed by atoms with Gasteiger partial charge >= 0.3 is 0 Å². The summed E-state index contributed by atoms with van der Waals surface area (Å²) in [7, 11) is 3.21. The Morgan fingerprint density at radius 1 is 1.33 bits per heavy atom. The molecule has 1 heterocycles. The highest BCUT2D eigenvalue weighted by molar-refractivity contribution is 5.71. The van der Waals surface area contributed by atoms with E-state index >= 15 is 0 Å². The van der Waals surface area contributed by atoms with Gasteiger partial charge in [0.1, 0.15) is 17.2 Å². The molecule has 0 N–H and O–H groups in total. The van der Waals surface area contributed by atoms with Crippen LogP contribution in [-0.2, 0) is 6.54 Å². The third kappa shape index (κ3) is 2.34. The van der Waals surface area contributed by atoms with Crippen LogP contribution in [0.25, 0.3) is 0 Å². The standard InChI is InChI=1S/C13H14N2O3/c1-17-12-4-3-10(13(5-12)18-2)7-15-9-14-6-11(15)8-16/h3-6,8-9H,7H2,1-2H3. The number of hydrogen-bond acceptors (Lipinski definition) is 4. The van der Waals surface area contributed by atoms with Crippen molar-refractivity contribution in [2.75, 3.05) is 14.2 Å². The molecule has 0 spiro atoms. The molecule has 0 aliphatic carbocycles. The summed E-state index contributed by atoms with van der Waals surface area (Å²) in [5, 5.41) is 0. The van der Waals surface area contributed by atoms with Gasteiger partial charge < -0.3 is 14.0 Å². The zero-order chi connectivity index (χ0) is 13.0. The molecule has 0 fully saturated rings. The fraction of sp³-hybridized carbons (Fsp3) is 0.231. The minimum atomic E-state index is 0.529. The van der Waals surface area contributed by atoms with Gasteiger partial charge in [-0.15, -0.1) is 0 Å². The van der Waals surface area contributed by atoms with Crippen LogP contribution in [0.4, 0.5) is 0 Å². The summed E-state index contributed by atoms with van der Waals surface area (Å²) in [6.07, 6.45) is 3.93. The zero-order valence-electron chi connectivity index (χ0n) is 10.3. The van der Waals surface area contributed by atoms with Gasteiger partial charge in [-0.3, -0.25) is 4.79 Å². The fourth-order valence-corrected chi connectivity index (χ4v) is 1.73. The molecule has 0 bridgehead atoms. The van der Waals surface area contributed by atoms with Crippen LogP contribution in [0, 0.1) is 0 Å². The summed E-state index contributed by atoms with van der Waals surface area (Å²) in [5.74, 6) is 1.46. The highest BCUT2D eigenvalue weighted by Crippen LogP contribution is 2.25. The molecule has 0 aliphatic heterocycles. The minimum Gasteiger partial charge on any atom is -0.497 e. The van der Waals surface area contributed by atoms with Crippen molar-refractivity contribution in [2.45, 2.75) is 6.54 Å². The zero-order valence-corrected chi connectivity index (χ0v) is 10.3. The largest absolute Gasteiger partial charge is 0.497 e. The highest BCUT2D eigenvalue weighted by Gasteiger charge is 2.08. The Kier molecular flexibility index (Phi) is 3.62. The number of hydrogen-bond donors (Lipinski definition) is 0. The van der Waals surface area contributed by atoms with Gasteiger partial charge in [0.25, 0.3) is 0 Å². The molecule has 0 amide bonds. The van der Waals surface area contributed by atoms with Crippen LogP contribution in [0.2, 0.25) is 0 Å². The summed E-state index contributed by atoms with van der Waals surface area (Å²) in [4.78, 5) is 14.8. The third-order valence-corrected chi connectivity index (χ3v) is 2.70. The molecule has 2 rings (SSSR count). The monoisotopic (exact) mass is 246 g/mol. The van der Waals surface area contributed by atoms with Crippen molar-refractivity contribution >= 4 is 6.29 Å². The maximum Gasteiger partial charge on any atom is 0.168 e. The second kappa shape index (κ2) is 5.35. The predicted octanol–water partition coefficient (Wildman–Crippen LogP) is 1.76. The number of carbonyl (C=O) groups is 1. The number of imidazole rings is 1. The van der Waals surface area contributed by atoms with Gasteiger partial charge in [0.05, 0.1) is 33.3 Å². The Hall–Kier alpha value is -2.30. The Balaban J connectivity index is 2.31. The number of ether oxygens (including phenoxy) is 2. The highest BCUT2D eigenvalue weighted by atomic mass is 16.5. The molecular formula is C13H14N2O3. The molecule has 2 aromatic rings. The van der Waals surface area contributed by atoms with E-state index in [2.05, 4.69) is 4.98 Å². The summed E-state index contributed by atoms with van der Waals surface area (Å²) in [6, 6.07) is 5.58. The first-order chi connectivity index (χ1) is 8.78. The summed E-state index contributed by atoms with van der Waals surface area (Å²) in [6.45, 7) is 0.529. The average molecular weight is 246 g/mol. The number of methoxy groups -OCH3 is 2. The number of aldehydes is 1. The number of rotatable bonds is 5. The minimum absolute atomic E-state index is 0.529. The SMILES string of the molecule is COc1ccc(Cn2cncc2C=O)c(OC)c1. The first-order valence-electron chi connectivity index (χ1n) is 5.44. The number of carbonyl (C=O) groups excluding carboxylic acids is 1. The lowest BCUT2D eigenvalue weighted by atomic mass is 10.2.